The van der Waals surface area contributed by atoms with Crippen LogP contribution in [0.2, 0.25) is 0 Å². The van der Waals surface area contributed by atoms with E-state index in [0.29, 0.717) is 11.5 Å². The van der Waals surface area contributed by atoms with E-state index in [2.05, 4.69) is 38.8 Å². The Balaban J connectivity index is 2.44. The zero-order valence-corrected chi connectivity index (χ0v) is 12.5. The lowest BCUT2D eigenvalue weighted by molar-refractivity contribution is 0.149. The van der Waals surface area contributed by atoms with Crippen molar-refractivity contribution < 1.29 is 0 Å². The van der Waals surface area contributed by atoms with Crippen LogP contribution in [0.15, 0.2) is 24.6 Å². The molecule has 1 saturated heterocycles. The topological polar surface area (TPSA) is 32.5 Å². The van der Waals surface area contributed by atoms with Crippen molar-refractivity contribution in [2.45, 2.75) is 53.0 Å². The van der Waals surface area contributed by atoms with Crippen LogP contribution in [0.5, 0.6) is 0 Å². The minimum absolute atomic E-state index is 0.311. The summed E-state index contributed by atoms with van der Waals surface area (Å²) in [6.45, 7) is 19.0. The van der Waals surface area contributed by atoms with E-state index in [1.165, 1.54) is 5.70 Å². The van der Waals surface area contributed by atoms with Crippen molar-refractivity contribution in [3.05, 3.63) is 24.6 Å². The van der Waals surface area contributed by atoms with Gasteiger partial charge in [-0.25, -0.2) is 5.84 Å². The SMILES string of the molecule is C=C(CC(C)(C)C)N1CCC(N(N)C(=C)C)CC1. The average molecular weight is 251 g/mol. The van der Waals surface area contributed by atoms with Gasteiger partial charge in [-0.15, -0.1) is 0 Å². The number of likely N-dealkylation sites (tertiary alicyclic amines) is 1. The molecule has 1 fully saturated rings. The Hall–Kier alpha value is -0.960. The fraction of sp³-hybridized carbons (Fsp3) is 0.733. The van der Waals surface area contributed by atoms with Gasteiger partial charge in [0.15, 0.2) is 0 Å². The second-order valence-corrected chi connectivity index (χ2v) is 6.66. The third kappa shape index (κ3) is 4.37. The minimum atomic E-state index is 0.311. The van der Waals surface area contributed by atoms with E-state index in [0.717, 1.165) is 38.0 Å². The quantitative estimate of drug-likeness (QED) is 0.615. The van der Waals surface area contributed by atoms with Crippen molar-refractivity contribution in [2.24, 2.45) is 11.3 Å². The molecule has 0 aromatic heterocycles. The summed E-state index contributed by atoms with van der Waals surface area (Å²) in [4.78, 5) is 2.41. The second kappa shape index (κ2) is 5.79. The number of rotatable bonds is 4. The van der Waals surface area contributed by atoms with Crippen LogP contribution in [0, 0.1) is 5.41 Å². The normalized spacial score (nSPS) is 17.7. The van der Waals surface area contributed by atoms with Gasteiger partial charge in [0.2, 0.25) is 0 Å². The average Bonchev–Trinajstić information content (AvgIpc) is 2.26. The second-order valence-electron chi connectivity index (χ2n) is 6.66. The van der Waals surface area contributed by atoms with Gasteiger partial charge in [-0.05, 0) is 31.6 Å². The Labute approximate surface area is 112 Å². The molecule has 104 valence electrons. The first-order valence-electron chi connectivity index (χ1n) is 6.83. The fourth-order valence-corrected chi connectivity index (χ4v) is 2.50. The summed E-state index contributed by atoms with van der Waals surface area (Å²) in [6, 6.07) is 0.432. The maximum atomic E-state index is 6.01. The molecule has 1 aliphatic heterocycles. The molecule has 3 heteroatoms. The highest BCUT2D eigenvalue weighted by Gasteiger charge is 2.24. The van der Waals surface area contributed by atoms with Crippen molar-refractivity contribution in [2.75, 3.05) is 13.1 Å². The number of piperidine rings is 1. The zero-order chi connectivity index (χ0) is 13.9. The van der Waals surface area contributed by atoms with E-state index >= 15 is 0 Å². The molecular weight excluding hydrogens is 222 g/mol. The molecule has 1 heterocycles. The summed E-state index contributed by atoms with van der Waals surface area (Å²) in [6.07, 6.45) is 3.24. The van der Waals surface area contributed by atoms with E-state index in [4.69, 9.17) is 5.84 Å². The molecular formula is C15H29N3. The Morgan fingerprint density at radius 1 is 1.28 bits per heavy atom. The lowest BCUT2D eigenvalue weighted by atomic mass is 9.90. The highest BCUT2D eigenvalue weighted by molar-refractivity contribution is 5.00. The lowest BCUT2D eigenvalue weighted by Crippen LogP contribution is -2.46. The maximum Gasteiger partial charge on any atom is 0.0482 e. The monoisotopic (exact) mass is 251 g/mol. The van der Waals surface area contributed by atoms with Gasteiger partial charge in [-0.2, -0.15) is 0 Å². The Morgan fingerprint density at radius 3 is 2.17 bits per heavy atom. The van der Waals surface area contributed by atoms with Crippen LogP contribution in [0.3, 0.4) is 0 Å². The van der Waals surface area contributed by atoms with Gasteiger partial charge in [0.1, 0.15) is 0 Å². The molecule has 0 bridgehead atoms. The van der Waals surface area contributed by atoms with E-state index in [-0.39, 0.29) is 0 Å². The first-order valence-corrected chi connectivity index (χ1v) is 6.83. The number of allylic oxidation sites excluding steroid dienone is 2. The van der Waals surface area contributed by atoms with Gasteiger partial charge in [0, 0.05) is 30.5 Å². The third-order valence-electron chi connectivity index (χ3n) is 3.48. The number of hydrazine groups is 1. The summed E-state index contributed by atoms with van der Waals surface area (Å²) in [5, 5.41) is 1.82. The largest absolute Gasteiger partial charge is 0.375 e. The van der Waals surface area contributed by atoms with Crippen molar-refractivity contribution >= 4 is 0 Å². The first kappa shape index (κ1) is 15.1. The van der Waals surface area contributed by atoms with Crippen molar-refractivity contribution in [1.82, 2.24) is 9.91 Å². The first-order chi connectivity index (χ1) is 8.20. The van der Waals surface area contributed by atoms with Crippen molar-refractivity contribution in [1.29, 1.82) is 0 Å². The maximum absolute atomic E-state index is 6.01. The highest BCUT2D eigenvalue weighted by Crippen LogP contribution is 2.27. The van der Waals surface area contributed by atoms with E-state index in [1.54, 1.807) is 0 Å². The molecule has 3 nitrogen and oxygen atoms in total. The third-order valence-corrected chi connectivity index (χ3v) is 3.48. The number of nitrogens with two attached hydrogens (primary N) is 1. The fourth-order valence-electron chi connectivity index (χ4n) is 2.50. The molecule has 0 aliphatic carbocycles. The molecule has 1 aliphatic rings. The van der Waals surface area contributed by atoms with Gasteiger partial charge in [0.05, 0.1) is 0 Å². The Bertz CT molecular complexity index is 306. The summed E-state index contributed by atoms with van der Waals surface area (Å²) >= 11 is 0. The number of nitrogens with zero attached hydrogens (tertiary/aromatic N) is 2. The van der Waals surface area contributed by atoms with Gasteiger partial charge in [-0.1, -0.05) is 33.9 Å². The number of hydrogen-bond donors (Lipinski definition) is 1. The van der Waals surface area contributed by atoms with E-state index < -0.39 is 0 Å². The van der Waals surface area contributed by atoms with Crippen LogP contribution in [-0.4, -0.2) is 29.0 Å². The van der Waals surface area contributed by atoms with Crippen LogP contribution < -0.4 is 5.84 Å². The standard InChI is InChI=1S/C15H29N3/c1-12(2)18(16)14-7-9-17(10-8-14)13(3)11-15(4,5)6/h14H,1,3,7-11,16H2,2,4-6H3. The molecule has 0 amide bonds. The predicted molar refractivity (Wildman–Crippen MR) is 78.6 cm³/mol. The van der Waals surface area contributed by atoms with E-state index in [9.17, 15) is 0 Å². The van der Waals surface area contributed by atoms with Crippen LogP contribution in [-0.2, 0) is 0 Å². The molecule has 2 N–H and O–H groups in total. The molecule has 18 heavy (non-hydrogen) atoms. The Kier molecular flexibility index (Phi) is 4.85. The van der Waals surface area contributed by atoms with Gasteiger partial charge >= 0.3 is 0 Å². The van der Waals surface area contributed by atoms with Crippen LogP contribution in [0.4, 0.5) is 0 Å². The molecule has 0 atom stereocenters. The summed E-state index contributed by atoms with van der Waals surface area (Å²) in [5.41, 5.74) is 2.52. The lowest BCUT2D eigenvalue weighted by Gasteiger charge is -2.40. The van der Waals surface area contributed by atoms with Gasteiger partial charge in [-0.3, -0.25) is 0 Å². The van der Waals surface area contributed by atoms with Crippen LogP contribution in [0.25, 0.3) is 0 Å². The molecule has 0 spiro atoms. The minimum Gasteiger partial charge on any atom is -0.375 e. The molecule has 0 aromatic rings. The summed E-state index contributed by atoms with van der Waals surface area (Å²) in [7, 11) is 0. The highest BCUT2D eigenvalue weighted by atomic mass is 15.4. The van der Waals surface area contributed by atoms with Crippen molar-refractivity contribution in [3.8, 4) is 0 Å². The zero-order valence-electron chi connectivity index (χ0n) is 12.5. The van der Waals surface area contributed by atoms with Crippen LogP contribution >= 0.6 is 0 Å². The van der Waals surface area contributed by atoms with E-state index in [1.807, 2.05) is 11.9 Å². The summed E-state index contributed by atoms with van der Waals surface area (Å²) in [5.74, 6) is 6.01. The molecule has 1 rings (SSSR count). The molecule has 0 saturated carbocycles. The molecule has 0 unspecified atom stereocenters. The Morgan fingerprint density at radius 2 is 1.78 bits per heavy atom. The smallest absolute Gasteiger partial charge is 0.0482 e. The van der Waals surface area contributed by atoms with Gasteiger partial charge < -0.3 is 9.91 Å². The van der Waals surface area contributed by atoms with Crippen molar-refractivity contribution in [3.63, 3.8) is 0 Å². The predicted octanol–water partition coefficient (Wildman–Crippen LogP) is 3.11. The van der Waals surface area contributed by atoms with Gasteiger partial charge in [0.25, 0.3) is 0 Å². The summed E-state index contributed by atoms with van der Waals surface area (Å²) < 4.78 is 0. The molecule has 0 radical (unpaired) electrons. The molecule has 0 aromatic carbocycles. The number of hydrogen-bond acceptors (Lipinski definition) is 3. The van der Waals surface area contributed by atoms with Crippen LogP contribution in [0.1, 0.15) is 47.0 Å².